The average molecular weight is 385 g/mol. The third-order valence-corrected chi connectivity index (χ3v) is 4.54. The Morgan fingerprint density at radius 3 is 2.48 bits per heavy atom. The smallest absolute Gasteiger partial charge is 0.124 e. The van der Waals surface area contributed by atoms with Crippen LogP contribution in [0.5, 0.6) is 5.75 Å². The van der Waals surface area contributed by atoms with Gasteiger partial charge in [-0.05, 0) is 54.1 Å². The highest BCUT2D eigenvalue weighted by atomic mass is 35.5. The van der Waals surface area contributed by atoms with Gasteiger partial charge in [-0.1, -0.05) is 29.8 Å². The van der Waals surface area contributed by atoms with E-state index in [1.807, 2.05) is 38.4 Å². The summed E-state index contributed by atoms with van der Waals surface area (Å²) in [6, 6.07) is 20.5. The molecular formula is C22H22ClFN2O. The first-order valence-corrected chi connectivity index (χ1v) is 9.06. The van der Waals surface area contributed by atoms with Crippen molar-refractivity contribution in [3.8, 4) is 5.75 Å². The molecule has 0 aliphatic rings. The summed E-state index contributed by atoms with van der Waals surface area (Å²) in [5.41, 5.74) is 4.08. The van der Waals surface area contributed by atoms with Crippen molar-refractivity contribution in [3.63, 3.8) is 0 Å². The summed E-state index contributed by atoms with van der Waals surface area (Å²) in [4.78, 5) is 2.07. The van der Waals surface area contributed by atoms with Crippen LogP contribution in [0.15, 0.2) is 66.7 Å². The molecule has 5 heteroatoms. The minimum absolute atomic E-state index is 0.294. The predicted octanol–water partition coefficient (Wildman–Crippen LogP) is 5.74. The molecule has 140 valence electrons. The van der Waals surface area contributed by atoms with Crippen molar-refractivity contribution in [1.29, 1.82) is 0 Å². The molecule has 3 aromatic rings. The highest BCUT2D eigenvalue weighted by molar-refractivity contribution is 6.31. The Morgan fingerprint density at radius 2 is 1.78 bits per heavy atom. The Kier molecular flexibility index (Phi) is 6.20. The van der Waals surface area contributed by atoms with Crippen molar-refractivity contribution < 1.29 is 9.13 Å². The molecule has 0 radical (unpaired) electrons. The number of hydrogen-bond acceptors (Lipinski definition) is 3. The molecule has 0 aromatic heterocycles. The Balaban J connectivity index is 1.58. The van der Waals surface area contributed by atoms with E-state index < -0.39 is 0 Å². The zero-order chi connectivity index (χ0) is 19.2. The van der Waals surface area contributed by atoms with Crippen LogP contribution in [0.3, 0.4) is 0 Å². The van der Waals surface area contributed by atoms with Crippen molar-refractivity contribution in [1.82, 2.24) is 0 Å². The lowest BCUT2D eigenvalue weighted by atomic mass is 10.2. The molecule has 0 atom stereocenters. The number of benzene rings is 3. The molecule has 3 aromatic carbocycles. The second-order valence-electron chi connectivity index (χ2n) is 6.47. The van der Waals surface area contributed by atoms with Crippen LogP contribution in [-0.2, 0) is 13.2 Å². The van der Waals surface area contributed by atoms with Crippen molar-refractivity contribution in [3.05, 3.63) is 88.7 Å². The Bertz CT molecular complexity index is 897. The number of halogens is 2. The normalized spacial score (nSPS) is 10.5. The number of nitrogens with zero attached hydrogens (tertiary/aromatic N) is 1. The van der Waals surface area contributed by atoms with Crippen LogP contribution in [-0.4, -0.2) is 14.1 Å². The predicted molar refractivity (Wildman–Crippen MR) is 110 cm³/mol. The van der Waals surface area contributed by atoms with Crippen LogP contribution >= 0.6 is 11.6 Å². The van der Waals surface area contributed by atoms with Gasteiger partial charge in [0.25, 0.3) is 0 Å². The molecule has 0 aliphatic heterocycles. The summed E-state index contributed by atoms with van der Waals surface area (Å²) in [5.74, 6) is 0.396. The molecule has 0 fully saturated rings. The number of rotatable bonds is 7. The van der Waals surface area contributed by atoms with Gasteiger partial charge in [-0.2, -0.15) is 0 Å². The van der Waals surface area contributed by atoms with Gasteiger partial charge in [0.05, 0.1) is 5.02 Å². The van der Waals surface area contributed by atoms with Gasteiger partial charge in [0.1, 0.15) is 18.2 Å². The fraction of sp³-hybridized carbons (Fsp3) is 0.182. The van der Waals surface area contributed by atoms with Crippen molar-refractivity contribution in [2.24, 2.45) is 0 Å². The summed E-state index contributed by atoms with van der Waals surface area (Å²) in [6.45, 7) is 0.984. The molecule has 0 unspecified atom stereocenters. The number of nitrogens with one attached hydrogen (secondary N) is 1. The molecule has 27 heavy (non-hydrogen) atoms. The van der Waals surface area contributed by atoms with E-state index in [-0.39, 0.29) is 5.82 Å². The van der Waals surface area contributed by atoms with E-state index in [0.29, 0.717) is 18.2 Å². The topological polar surface area (TPSA) is 24.5 Å². The molecule has 1 N–H and O–H groups in total. The summed E-state index contributed by atoms with van der Waals surface area (Å²) in [6.07, 6.45) is 0. The third kappa shape index (κ3) is 5.38. The van der Waals surface area contributed by atoms with Gasteiger partial charge < -0.3 is 15.0 Å². The van der Waals surface area contributed by atoms with E-state index in [1.165, 1.54) is 12.1 Å². The largest absolute Gasteiger partial charge is 0.489 e. The second kappa shape index (κ2) is 8.78. The number of anilines is 2. The van der Waals surface area contributed by atoms with Crippen LogP contribution in [0.1, 0.15) is 11.1 Å². The maximum atomic E-state index is 13.1. The standard InChI is InChI=1S/C22H22ClFN2O/c1-26(2)20-10-8-19(9-11-20)25-14-16-4-3-5-21(12-16)27-15-17-6-7-18(24)13-22(17)23/h3-13,25H,14-15H2,1-2H3. The van der Waals surface area contributed by atoms with Gasteiger partial charge in [0, 0.05) is 37.6 Å². The van der Waals surface area contributed by atoms with E-state index in [9.17, 15) is 4.39 Å². The van der Waals surface area contributed by atoms with Crippen LogP contribution in [0, 0.1) is 5.82 Å². The van der Waals surface area contributed by atoms with Crippen LogP contribution in [0.2, 0.25) is 5.02 Å². The fourth-order valence-corrected chi connectivity index (χ4v) is 2.85. The molecule has 0 spiro atoms. The molecule has 3 nitrogen and oxygen atoms in total. The highest BCUT2D eigenvalue weighted by Crippen LogP contribution is 2.21. The zero-order valence-corrected chi connectivity index (χ0v) is 16.1. The molecule has 0 aliphatic carbocycles. The molecule has 0 heterocycles. The Labute approximate surface area is 164 Å². The van der Waals surface area contributed by atoms with E-state index in [0.717, 1.165) is 28.3 Å². The molecule has 0 saturated carbocycles. The maximum absolute atomic E-state index is 13.1. The summed E-state index contributed by atoms with van der Waals surface area (Å²) in [5, 5.41) is 3.78. The second-order valence-corrected chi connectivity index (χ2v) is 6.87. The first-order chi connectivity index (χ1) is 13.0. The Hall–Kier alpha value is -2.72. The quantitative estimate of drug-likeness (QED) is 0.562. The van der Waals surface area contributed by atoms with E-state index in [1.54, 1.807) is 6.07 Å². The van der Waals surface area contributed by atoms with Crippen LogP contribution in [0.4, 0.5) is 15.8 Å². The van der Waals surface area contributed by atoms with Crippen molar-refractivity contribution in [2.45, 2.75) is 13.2 Å². The van der Waals surface area contributed by atoms with Crippen LogP contribution in [0.25, 0.3) is 0 Å². The summed E-state index contributed by atoms with van der Waals surface area (Å²) in [7, 11) is 4.04. The lowest BCUT2D eigenvalue weighted by molar-refractivity contribution is 0.306. The van der Waals surface area contributed by atoms with Gasteiger partial charge in [-0.15, -0.1) is 0 Å². The molecule has 0 amide bonds. The zero-order valence-electron chi connectivity index (χ0n) is 15.4. The van der Waals surface area contributed by atoms with Crippen molar-refractivity contribution >= 4 is 23.0 Å². The minimum atomic E-state index is -0.351. The molecule has 0 bridgehead atoms. The van der Waals surface area contributed by atoms with Gasteiger partial charge in [-0.3, -0.25) is 0 Å². The number of ether oxygens (including phenoxy) is 1. The van der Waals surface area contributed by atoms with Crippen LogP contribution < -0.4 is 15.0 Å². The summed E-state index contributed by atoms with van der Waals surface area (Å²) < 4.78 is 18.9. The highest BCUT2D eigenvalue weighted by Gasteiger charge is 2.04. The lowest BCUT2D eigenvalue weighted by Crippen LogP contribution is -2.08. The SMILES string of the molecule is CN(C)c1ccc(NCc2cccc(OCc3ccc(F)cc3Cl)c2)cc1. The van der Waals surface area contributed by atoms with E-state index in [2.05, 4.69) is 34.5 Å². The monoisotopic (exact) mass is 384 g/mol. The molecule has 0 saturated heterocycles. The Morgan fingerprint density at radius 1 is 1.00 bits per heavy atom. The number of hydrogen-bond donors (Lipinski definition) is 1. The molecular weight excluding hydrogens is 363 g/mol. The van der Waals surface area contributed by atoms with Gasteiger partial charge in [0.15, 0.2) is 0 Å². The van der Waals surface area contributed by atoms with E-state index >= 15 is 0 Å². The first kappa shape index (κ1) is 19.1. The third-order valence-electron chi connectivity index (χ3n) is 4.19. The minimum Gasteiger partial charge on any atom is -0.489 e. The van der Waals surface area contributed by atoms with Crippen molar-refractivity contribution in [2.75, 3.05) is 24.3 Å². The maximum Gasteiger partial charge on any atom is 0.124 e. The first-order valence-electron chi connectivity index (χ1n) is 8.68. The average Bonchev–Trinajstić information content (AvgIpc) is 2.66. The van der Waals surface area contributed by atoms with E-state index in [4.69, 9.17) is 16.3 Å². The molecule has 3 rings (SSSR count). The fourth-order valence-electron chi connectivity index (χ4n) is 2.63. The van der Waals surface area contributed by atoms with Gasteiger partial charge >= 0.3 is 0 Å². The lowest BCUT2D eigenvalue weighted by Gasteiger charge is -2.14. The summed E-state index contributed by atoms with van der Waals surface area (Å²) >= 11 is 6.04. The van der Waals surface area contributed by atoms with Gasteiger partial charge in [-0.25, -0.2) is 4.39 Å². The van der Waals surface area contributed by atoms with Gasteiger partial charge in [0.2, 0.25) is 0 Å².